The van der Waals surface area contributed by atoms with Crippen LogP contribution in [-0.4, -0.2) is 12.1 Å². The number of allylic oxidation sites excluding steroid dienone is 2. The van der Waals surface area contributed by atoms with Crippen molar-refractivity contribution in [3.05, 3.63) is 66.8 Å². The zero-order valence-corrected chi connectivity index (χ0v) is 12.7. The quantitative estimate of drug-likeness (QED) is 0.211. The number of hydrogen-bond acceptors (Lipinski definition) is 2. The number of hydrogen-bond donors (Lipinski definition) is 0. The molecule has 0 aliphatic carbocycles. The molecule has 1 rings (SSSR count). The van der Waals surface area contributed by atoms with E-state index >= 15 is 0 Å². The van der Waals surface area contributed by atoms with Crippen LogP contribution in [0.4, 0.5) is 0 Å². The maximum Gasteiger partial charge on any atom is 0.331 e. The van der Waals surface area contributed by atoms with Crippen molar-refractivity contribution in [3.63, 3.8) is 0 Å². The molecule has 0 bridgehead atoms. The molecule has 0 fully saturated rings. The minimum Gasteiger partial charge on any atom is -0.455 e. The van der Waals surface area contributed by atoms with Crippen molar-refractivity contribution in [2.45, 2.75) is 38.7 Å². The second-order valence-electron chi connectivity index (χ2n) is 4.84. The van der Waals surface area contributed by atoms with Gasteiger partial charge in [0.15, 0.2) is 0 Å². The number of esters is 1. The summed E-state index contributed by atoms with van der Waals surface area (Å²) in [5.74, 6) is -0.325. The van der Waals surface area contributed by atoms with Gasteiger partial charge in [0.2, 0.25) is 0 Å². The Bertz CT molecular complexity index is 472. The molecule has 0 aromatic heterocycles. The topological polar surface area (TPSA) is 26.3 Å². The van der Waals surface area contributed by atoms with Crippen molar-refractivity contribution >= 4 is 12.0 Å². The zero-order chi connectivity index (χ0) is 15.3. The monoisotopic (exact) mass is 284 g/mol. The van der Waals surface area contributed by atoms with Gasteiger partial charge in [-0.25, -0.2) is 4.79 Å². The standard InChI is InChI=1S/C19H24O2/c1-3-5-7-15-18(4-2)21-19(20)16-11-10-14-17-12-8-6-9-13-17/h4,6,8-14,16,18H,2-3,5,7,15H2,1H3/b14-10+,16-11+. The van der Waals surface area contributed by atoms with Crippen LogP contribution in [0.25, 0.3) is 6.08 Å². The number of carbonyl (C=O) groups is 1. The first kappa shape index (κ1) is 17.0. The van der Waals surface area contributed by atoms with E-state index in [1.54, 1.807) is 12.2 Å². The van der Waals surface area contributed by atoms with Gasteiger partial charge in [-0.3, -0.25) is 0 Å². The van der Waals surface area contributed by atoms with Crippen molar-refractivity contribution in [2.75, 3.05) is 0 Å². The van der Waals surface area contributed by atoms with Crippen molar-refractivity contribution in [3.8, 4) is 0 Å². The van der Waals surface area contributed by atoms with Gasteiger partial charge in [-0.15, -0.1) is 0 Å². The van der Waals surface area contributed by atoms with Gasteiger partial charge in [-0.05, 0) is 18.4 Å². The highest BCUT2D eigenvalue weighted by molar-refractivity contribution is 5.82. The predicted molar refractivity (Wildman–Crippen MR) is 88.8 cm³/mol. The Morgan fingerprint density at radius 3 is 2.67 bits per heavy atom. The molecule has 0 aliphatic heterocycles. The summed E-state index contributed by atoms with van der Waals surface area (Å²) < 4.78 is 5.32. The van der Waals surface area contributed by atoms with E-state index in [0.29, 0.717) is 0 Å². The van der Waals surface area contributed by atoms with Gasteiger partial charge in [-0.2, -0.15) is 0 Å². The van der Waals surface area contributed by atoms with E-state index in [2.05, 4.69) is 13.5 Å². The predicted octanol–water partition coefficient (Wildman–Crippen LogP) is 4.93. The number of rotatable bonds is 9. The molecule has 0 spiro atoms. The molecule has 0 saturated heterocycles. The summed E-state index contributed by atoms with van der Waals surface area (Å²) in [5.41, 5.74) is 1.10. The highest BCUT2D eigenvalue weighted by Crippen LogP contribution is 2.08. The molecule has 1 atom stereocenters. The summed E-state index contributed by atoms with van der Waals surface area (Å²) in [6.45, 7) is 5.86. The molecule has 2 nitrogen and oxygen atoms in total. The first-order valence-corrected chi connectivity index (χ1v) is 7.49. The number of carbonyl (C=O) groups excluding carboxylic acids is 1. The van der Waals surface area contributed by atoms with Gasteiger partial charge in [0.25, 0.3) is 0 Å². The van der Waals surface area contributed by atoms with Gasteiger partial charge in [-0.1, -0.05) is 81.0 Å². The van der Waals surface area contributed by atoms with Crippen LogP contribution in [0.5, 0.6) is 0 Å². The molecule has 0 N–H and O–H groups in total. The molecule has 0 amide bonds. The fourth-order valence-corrected chi connectivity index (χ4v) is 1.87. The van der Waals surface area contributed by atoms with E-state index < -0.39 is 0 Å². The average Bonchev–Trinajstić information content (AvgIpc) is 2.52. The first-order valence-electron chi connectivity index (χ1n) is 7.49. The lowest BCUT2D eigenvalue weighted by molar-refractivity contribution is -0.141. The molecule has 112 valence electrons. The van der Waals surface area contributed by atoms with Crippen LogP contribution < -0.4 is 0 Å². The molecule has 1 unspecified atom stereocenters. The molecule has 0 radical (unpaired) electrons. The molecule has 0 aliphatic rings. The van der Waals surface area contributed by atoms with Crippen LogP contribution >= 0.6 is 0 Å². The van der Waals surface area contributed by atoms with E-state index in [1.807, 2.05) is 42.5 Å². The van der Waals surface area contributed by atoms with Crippen LogP contribution in [0, 0.1) is 0 Å². The summed E-state index contributed by atoms with van der Waals surface area (Å²) in [6.07, 6.45) is 12.6. The Morgan fingerprint density at radius 2 is 2.00 bits per heavy atom. The number of ether oxygens (including phenoxy) is 1. The van der Waals surface area contributed by atoms with Crippen LogP contribution in [0.3, 0.4) is 0 Å². The van der Waals surface area contributed by atoms with Crippen molar-refractivity contribution in [1.82, 2.24) is 0 Å². The maximum atomic E-state index is 11.7. The van der Waals surface area contributed by atoms with Crippen LogP contribution in [0.15, 0.2) is 61.2 Å². The Kier molecular flexibility index (Phi) is 8.62. The third-order valence-electron chi connectivity index (χ3n) is 3.05. The molecule has 1 aromatic rings. The van der Waals surface area contributed by atoms with Gasteiger partial charge in [0.1, 0.15) is 6.10 Å². The summed E-state index contributed by atoms with van der Waals surface area (Å²) in [4.78, 5) is 11.7. The summed E-state index contributed by atoms with van der Waals surface area (Å²) >= 11 is 0. The third-order valence-corrected chi connectivity index (χ3v) is 3.05. The lowest BCUT2D eigenvalue weighted by atomic mass is 10.1. The fourth-order valence-electron chi connectivity index (χ4n) is 1.87. The van der Waals surface area contributed by atoms with Crippen molar-refractivity contribution in [1.29, 1.82) is 0 Å². The fraction of sp³-hybridized carbons (Fsp3) is 0.316. The summed E-state index contributed by atoms with van der Waals surface area (Å²) in [6, 6.07) is 9.93. The SMILES string of the molecule is C=CC(CCCCC)OC(=O)/C=C/C=C/c1ccccc1. The Hall–Kier alpha value is -2.09. The van der Waals surface area contributed by atoms with Gasteiger partial charge in [0, 0.05) is 6.08 Å². The van der Waals surface area contributed by atoms with Crippen molar-refractivity contribution in [2.24, 2.45) is 0 Å². The van der Waals surface area contributed by atoms with E-state index in [0.717, 1.165) is 31.2 Å². The minimum absolute atomic E-state index is 0.188. The highest BCUT2D eigenvalue weighted by Gasteiger charge is 2.07. The van der Waals surface area contributed by atoms with Crippen LogP contribution in [0.1, 0.15) is 38.2 Å². The smallest absolute Gasteiger partial charge is 0.331 e. The summed E-state index contributed by atoms with van der Waals surface area (Å²) in [7, 11) is 0. The van der Waals surface area contributed by atoms with E-state index in [1.165, 1.54) is 6.08 Å². The Labute approximate surface area is 127 Å². The molecule has 0 heterocycles. The number of unbranched alkanes of at least 4 members (excludes halogenated alkanes) is 2. The zero-order valence-electron chi connectivity index (χ0n) is 12.7. The second-order valence-corrected chi connectivity index (χ2v) is 4.84. The average molecular weight is 284 g/mol. The maximum absolute atomic E-state index is 11.7. The number of benzene rings is 1. The van der Waals surface area contributed by atoms with E-state index in [9.17, 15) is 4.79 Å². The van der Waals surface area contributed by atoms with E-state index in [4.69, 9.17) is 4.74 Å². The van der Waals surface area contributed by atoms with Crippen LogP contribution in [0.2, 0.25) is 0 Å². The lowest BCUT2D eigenvalue weighted by Gasteiger charge is -2.11. The molecular weight excluding hydrogens is 260 g/mol. The molecule has 21 heavy (non-hydrogen) atoms. The van der Waals surface area contributed by atoms with Gasteiger partial charge in [0.05, 0.1) is 0 Å². The molecular formula is C19H24O2. The largest absolute Gasteiger partial charge is 0.455 e. The normalized spacial score (nSPS) is 12.6. The third kappa shape index (κ3) is 7.93. The molecule has 2 heteroatoms. The molecule has 1 aromatic carbocycles. The van der Waals surface area contributed by atoms with Crippen molar-refractivity contribution < 1.29 is 9.53 Å². The van der Waals surface area contributed by atoms with Gasteiger partial charge < -0.3 is 4.74 Å². The minimum atomic E-state index is -0.325. The first-order chi connectivity index (χ1) is 10.3. The van der Waals surface area contributed by atoms with Gasteiger partial charge >= 0.3 is 5.97 Å². The lowest BCUT2D eigenvalue weighted by Crippen LogP contribution is -2.13. The highest BCUT2D eigenvalue weighted by atomic mass is 16.5. The Morgan fingerprint density at radius 1 is 1.24 bits per heavy atom. The van der Waals surface area contributed by atoms with Crippen LogP contribution in [-0.2, 0) is 9.53 Å². The van der Waals surface area contributed by atoms with E-state index in [-0.39, 0.29) is 12.1 Å². The Balaban J connectivity index is 2.36. The molecule has 0 saturated carbocycles. The summed E-state index contributed by atoms with van der Waals surface area (Å²) in [5, 5.41) is 0. The second kappa shape index (κ2) is 10.7.